The van der Waals surface area contributed by atoms with Crippen molar-refractivity contribution in [2.24, 2.45) is 0 Å². The van der Waals surface area contributed by atoms with Crippen LogP contribution >= 0.6 is 0 Å². The molecule has 0 fully saturated rings. The van der Waals surface area contributed by atoms with Gasteiger partial charge in [0, 0.05) is 11.1 Å². The molecule has 0 aromatic heterocycles. The molecule has 0 saturated heterocycles. The number of para-hydroxylation sites is 2. The fourth-order valence-electron chi connectivity index (χ4n) is 6.46. The van der Waals surface area contributed by atoms with E-state index in [-0.39, 0.29) is 20.9 Å². The third-order valence-corrected chi connectivity index (χ3v) is 11.2. The van der Waals surface area contributed by atoms with Crippen LogP contribution in [-0.4, -0.2) is 16.8 Å². The molecule has 0 atom stereocenters. The zero-order valence-electron chi connectivity index (χ0n) is 26.2. The standard InChI is InChI=1S/C39H28F2O6S2/c1-25-17-21-27(22-18-25)48(42,43)46-37-33(13-7-15-35(37)40)39(31-11-5-3-9-29(31)30-10-4-6-12-32(30)39)34-14-8-16-36(41)38(34)47-49(44,45)28-23-19-26(2)20-24-28/h3-24H,1-2H3. The maximum Gasteiger partial charge on any atom is 0.339 e. The van der Waals surface area contributed by atoms with Gasteiger partial charge in [0.2, 0.25) is 0 Å². The topological polar surface area (TPSA) is 86.7 Å². The third-order valence-electron chi connectivity index (χ3n) is 8.70. The molecule has 0 unspecified atom stereocenters. The van der Waals surface area contributed by atoms with Crippen LogP contribution in [0.3, 0.4) is 0 Å². The molecule has 246 valence electrons. The summed E-state index contributed by atoms with van der Waals surface area (Å²) in [5, 5.41) is 0. The first-order valence-corrected chi connectivity index (χ1v) is 18.0. The summed E-state index contributed by atoms with van der Waals surface area (Å²) in [5.41, 5.74) is 2.24. The quantitative estimate of drug-likeness (QED) is 0.148. The van der Waals surface area contributed by atoms with Crippen LogP contribution in [0.5, 0.6) is 11.5 Å². The zero-order chi connectivity index (χ0) is 34.6. The molecule has 6 nitrogen and oxygen atoms in total. The SMILES string of the molecule is Cc1ccc(S(=O)(=O)Oc2c(F)cccc2C2(c3cccc(F)c3OS(=O)(=O)c3ccc(C)cc3)c3ccccc3-c3ccccc32)cc1. The van der Waals surface area contributed by atoms with Crippen molar-refractivity contribution in [3.63, 3.8) is 0 Å². The molecule has 0 spiro atoms. The van der Waals surface area contributed by atoms with E-state index in [0.717, 1.165) is 23.3 Å². The van der Waals surface area contributed by atoms with E-state index in [9.17, 15) is 16.8 Å². The first-order valence-electron chi connectivity index (χ1n) is 15.2. The highest BCUT2D eigenvalue weighted by atomic mass is 32.2. The first-order chi connectivity index (χ1) is 23.4. The molecule has 0 radical (unpaired) electrons. The number of fused-ring (bicyclic) bond motifs is 3. The van der Waals surface area contributed by atoms with Gasteiger partial charge in [0.05, 0.1) is 5.41 Å². The Hall–Kier alpha value is -5.32. The van der Waals surface area contributed by atoms with Gasteiger partial charge in [-0.05, 0) is 72.5 Å². The molecule has 0 saturated carbocycles. The average molecular weight is 695 g/mol. The van der Waals surface area contributed by atoms with Gasteiger partial charge >= 0.3 is 20.2 Å². The second-order valence-electron chi connectivity index (χ2n) is 11.8. The summed E-state index contributed by atoms with van der Waals surface area (Å²) in [7, 11) is -9.19. The summed E-state index contributed by atoms with van der Waals surface area (Å²) in [6, 6.07) is 34.0. The van der Waals surface area contributed by atoms with Gasteiger partial charge in [-0.1, -0.05) is 108 Å². The van der Waals surface area contributed by atoms with Crippen molar-refractivity contribution < 1.29 is 34.0 Å². The van der Waals surface area contributed by atoms with Crippen molar-refractivity contribution in [1.82, 2.24) is 0 Å². The normalized spacial score (nSPS) is 13.4. The predicted molar refractivity (Wildman–Crippen MR) is 182 cm³/mol. The summed E-state index contributed by atoms with van der Waals surface area (Å²) in [4.78, 5) is -0.403. The van der Waals surface area contributed by atoms with Crippen LogP contribution in [0.25, 0.3) is 11.1 Å². The lowest BCUT2D eigenvalue weighted by atomic mass is 9.67. The van der Waals surface area contributed by atoms with Crippen molar-refractivity contribution >= 4 is 20.2 Å². The lowest BCUT2D eigenvalue weighted by Crippen LogP contribution is -2.31. The molecule has 6 aromatic rings. The molecular formula is C39H28F2O6S2. The van der Waals surface area contributed by atoms with Gasteiger partial charge in [-0.3, -0.25) is 0 Å². The molecule has 49 heavy (non-hydrogen) atoms. The van der Waals surface area contributed by atoms with Crippen molar-refractivity contribution in [3.8, 4) is 22.6 Å². The number of rotatable bonds is 8. The summed E-state index contributed by atoms with van der Waals surface area (Å²) >= 11 is 0. The Labute approximate surface area is 283 Å². The van der Waals surface area contributed by atoms with Crippen LogP contribution in [0.4, 0.5) is 8.78 Å². The lowest BCUT2D eigenvalue weighted by Gasteiger charge is -2.35. The van der Waals surface area contributed by atoms with Crippen LogP contribution in [0.15, 0.2) is 143 Å². The fraction of sp³-hybridized carbons (Fsp3) is 0.0769. The Morgan fingerprint density at radius 2 is 0.796 bits per heavy atom. The van der Waals surface area contributed by atoms with Gasteiger partial charge in [-0.15, -0.1) is 0 Å². The number of halogens is 2. The first kappa shape index (κ1) is 32.2. The van der Waals surface area contributed by atoms with E-state index >= 15 is 8.78 Å². The average Bonchev–Trinajstić information content (AvgIpc) is 3.38. The maximum atomic E-state index is 16.2. The van der Waals surface area contributed by atoms with E-state index in [1.807, 2.05) is 12.1 Å². The van der Waals surface area contributed by atoms with E-state index in [0.29, 0.717) is 22.3 Å². The Morgan fingerprint density at radius 3 is 1.18 bits per heavy atom. The summed E-state index contributed by atoms with van der Waals surface area (Å²) in [6.07, 6.45) is 0. The van der Waals surface area contributed by atoms with Crippen molar-refractivity contribution in [1.29, 1.82) is 0 Å². The highest BCUT2D eigenvalue weighted by molar-refractivity contribution is 7.87. The molecule has 0 heterocycles. The molecule has 10 heteroatoms. The molecule has 0 amide bonds. The minimum absolute atomic E-state index is 0.0104. The second kappa shape index (κ2) is 12.0. The van der Waals surface area contributed by atoms with Crippen LogP contribution in [-0.2, 0) is 25.7 Å². The number of hydrogen-bond acceptors (Lipinski definition) is 6. The van der Waals surface area contributed by atoms with Crippen molar-refractivity contribution in [2.75, 3.05) is 0 Å². The maximum absolute atomic E-state index is 16.2. The van der Waals surface area contributed by atoms with Gasteiger partial charge in [0.15, 0.2) is 23.1 Å². The highest BCUT2D eigenvalue weighted by Crippen LogP contribution is 2.60. The molecular weight excluding hydrogens is 667 g/mol. The molecule has 1 aliphatic rings. The summed E-state index contributed by atoms with van der Waals surface area (Å²) < 4.78 is 98.5. The van der Waals surface area contributed by atoms with Crippen LogP contribution in [0.2, 0.25) is 0 Å². The van der Waals surface area contributed by atoms with Crippen LogP contribution in [0.1, 0.15) is 33.4 Å². The molecule has 6 aromatic carbocycles. The van der Waals surface area contributed by atoms with Crippen molar-refractivity contribution in [2.45, 2.75) is 29.1 Å². The Morgan fingerprint density at radius 1 is 0.449 bits per heavy atom. The van der Waals surface area contributed by atoms with Crippen LogP contribution < -0.4 is 8.37 Å². The van der Waals surface area contributed by atoms with Gasteiger partial charge in [-0.2, -0.15) is 16.8 Å². The second-order valence-corrected chi connectivity index (χ2v) is 14.9. The molecule has 0 aliphatic heterocycles. The summed E-state index contributed by atoms with van der Waals surface area (Å²) in [6.45, 7) is 3.59. The Kier molecular flexibility index (Phi) is 7.88. The van der Waals surface area contributed by atoms with Gasteiger partial charge in [0.1, 0.15) is 9.79 Å². The minimum Gasteiger partial charge on any atom is -0.375 e. The van der Waals surface area contributed by atoms with Crippen molar-refractivity contribution in [3.05, 3.63) is 178 Å². The van der Waals surface area contributed by atoms with Gasteiger partial charge in [0.25, 0.3) is 0 Å². The lowest BCUT2D eigenvalue weighted by molar-refractivity contribution is 0.445. The van der Waals surface area contributed by atoms with Gasteiger partial charge in [-0.25, -0.2) is 8.78 Å². The number of aryl methyl sites for hydroxylation is 2. The number of benzene rings is 6. The monoisotopic (exact) mass is 694 g/mol. The third kappa shape index (κ3) is 5.37. The van der Waals surface area contributed by atoms with E-state index in [4.69, 9.17) is 8.37 Å². The molecule has 0 bridgehead atoms. The molecule has 1 aliphatic carbocycles. The van der Waals surface area contributed by atoms with E-state index in [1.54, 1.807) is 74.5 Å². The van der Waals surface area contributed by atoms with Crippen LogP contribution in [0, 0.1) is 25.5 Å². The summed E-state index contributed by atoms with van der Waals surface area (Å²) in [5.74, 6) is -3.27. The van der Waals surface area contributed by atoms with E-state index < -0.39 is 48.8 Å². The Balaban J connectivity index is 1.55. The minimum atomic E-state index is -4.60. The highest BCUT2D eigenvalue weighted by Gasteiger charge is 2.51. The number of hydrogen-bond donors (Lipinski definition) is 0. The smallest absolute Gasteiger partial charge is 0.339 e. The zero-order valence-corrected chi connectivity index (χ0v) is 27.9. The molecule has 0 N–H and O–H groups in total. The van der Waals surface area contributed by atoms with E-state index in [1.165, 1.54) is 48.5 Å². The van der Waals surface area contributed by atoms with Gasteiger partial charge < -0.3 is 8.37 Å². The predicted octanol–water partition coefficient (Wildman–Crippen LogP) is 8.48. The fourth-order valence-corrected chi connectivity index (χ4v) is 8.37. The van der Waals surface area contributed by atoms with E-state index in [2.05, 4.69) is 0 Å². The molecule has 7 rings (SSSR count). The Bertz CT molecular complexity index is 2290. The largest absolute Gasteiger partial charge is 0.375 e.